The topological polar surface area (TPSA) is 26.3 Å². The molecule has 0 saturated heterocycles. The van der Waals surface area contributed by atoms with Crippen LogP contribution in [0.2, 0.25) is 18.1 Å². The molecule has 0 aromatic heterocycles. The largest absolute Gasteiger partial charge is 0.463 e. The molecule has 0 amide bonds. The van der Waals surface area contributed by atoms with Crippen LogP contribution in [0.1, 0.15) is 71.6 Å². The van der Waals surface area contributed by atoms with Gasteiger partial charge in [-0.15, -0.1) is 0 Å². The Balaban J connectivity index is 3.12. The van der Waals surface area contributed by atoms with E-state index < -0.39 is 0 Å². The molecule has 0 aliphatic carbocycles. The number of carbonyl (C=O) groups excluding carboxylic acids is 1. The second kappa shape index (κ2) is 15.8. The predicted molar refractivity (Wildman–Crippen MR) is 95.6 cm³/mol. The van der Waals surface area contributed by atoms with Crippen molar-refractivity contribution in [2.45, 2.75) is 89.8 Å². The highest BCUT2D eigenvalue weighted by Gasteiger charge is 2.04. The Kier molecular flexibility index (Phi) is 15.4. The third-order valence-electron chi connectivity index (χ3n) is 4.32. The molecule has 2 nitrogen and oxygen atoms in total. The van der Waals surface area contributed by atoms with Crippen molar-refractivity contribution >= 4 is 14.8 Å². The Hall–Kier alpha value is -0.573. The Bertz CT molecular complexity index is 250. The number of ether oxygens (including phenoxy) is 1. The third kappa shape index (κ3) is 14.1. The minimum Gasteiger partial charge on any atom is -0.463 e. The fraction of sp³-hybridized carbons (Fsp3) is 0.833. The fourth-order valence-corrected chi connectivity index (χ4v) is 4.96. The zero-order valence-corrected chi connectivity index (χ0v) is 15.5. The van der Waals surface area contributed by atoms with Crippen molar-refractivity contribution < 1.29 is 9.53 Å². The van der Waals surface area contributed by atoms with Crippen LogP contribution in [-0.4, -0.2) is 21.4 Å². The normalized spacial score (nSPS) is 10.8. The zero-order chi connectivity index (χ0) is 15.8. The standard InChI is InChI=1S/C18H36O2Si/c1-4-18(19)20-16-14-12-10-8-7-9-11-13-15-17-21(5-2)6-3/h4,21H,1,5-17H2,2-3H3. The lowest BCUT2D eigenvalue weighted by Gasteiger charge is -2.09. The van der Waals surface area contributed by atoms with E-state index in [0.717, 1.165) is 6.42 Å². The first-order valence-corrected chi connectivity index (χ1v) is 11.5. The highest BCUT2D eigenvalue weighted by molar-refractivity contribution is 6.58. The number of unbranched alkanes of at least 4 members (excludes halogenated alkanes) is 8. The molecule has 0 saturated carbocycles. The lowest BCUT2D eigenvalue weighted by molar-refractivity contribution is -0.137. The maximum Gasteiger partial charge on any atom is 0.330 e. The van der Waals surface area contributed by atoms with Crippen molar-refractivity contribution in [3.8, 4) is 0 Å². The molecule has 3 heteroatoms. The van der Waals surface area contributed by atoms with Gasteiger partial charge in [-0.1, -0.05) is 89.9 Å². The van der Waals surface area contributed by atoms with E-state index in [-0.39, 0.29) is 14.8 Å². The van der Waals surface area contributed by atoms with Crippen LogP contribution >= 0.6 is 0 Å². The van der Waals surface area contributed by atoms with Crippen molar-refractivity contribution in [2.75, 3.05) is 6.61 Å². The van der Waals surface area contributed by atoms with E-state index in [1.54, 1.807) is 6.04 Å². The highest BCUT2D eigenvalue weighted by atomic mass is 28.3. The molecule has 0 N–H and O–H groups in total. The summed E-state index contributed by atoms with van der Waals surface area (Å²) >= 11 is 0. The molecule has 0 aromatic carbocycles. The number of esters is 1. The van der Waals surface area contributed by atoms with Crippen molar-refractivity contribution in [1.29, 1.82) is 0 Å². The van der Waals surface area contributed by atoms with Crippen molar-refractivity contribution in [3.63, 3.8) is 0 Å². The highest BCUT2D eigenvalue weighted by Crippen LogP contribution is 2.14. The van der Waals surface area contributed by atoms with Gasteiger partial charge in [0, 0.05) is 14.9 Å². The SMILES string of the molecule is C=CC(=O)OCCCCCCCCCCC[SiH](CC)CC. The van der Waals surface area contributed by atoms with Gasteiger partial charge in [0.1, 0.15) is 0 Å². The van der Waals surface area contributed by atoms with Crippen LogP contribution in [0, 0.1) is 0 Å². The van der Waals surface area contributed by atoms with Gasteiger partial charge in [0.2, 0.25) is 0 Å². The minimum atomic E-state index is -0.325. The molecule has 0 atom stereocenters. The lowest BCUT2D eigenvalue weighted by atomic mass is 10.1. The Labute approximate surface area is 134 Å². The molecule has 21 heavy (non-hydrogen) atoms. The summed E-state index contributed by atoms with van der Waals surface area (Å²) in [4.78, 5) is 10.8. The molecule has 0 spiro atoms. The van der Waals surface area contributed by atoms with E-state index in [1.807, 2.05) is 0 Å². The minimum absolute atomic E-state index is 0.300. The van der Waals surface area contributed by atoms with Crippen LogP contribution in [0.25, 0.3) is 0 Å². The molecule has 0 heterocycles. The van der Waals surface area contributed by atoms with Gasteiger partial charge in [-0.2, -0.15) is 0 Å². The molecular weight excluding hydrogens is 276 g/mol. The van der Waals surface area contributed by atoms with Crippen LogP contribution < -0.4 is 0 Å². The summed E-state index contributed by atoms with van der Waals surface area (Å²) in [6.07, 6.45) is 13.1. The van der Waals surface area contributed by atoms with E-state index in [4.69, 9.17) is 4.74 Å². The summed E-state index contributed by atoms with van der Waals surface area (Å²) in [7, 11) is -0.325. The van der Waals surface area contributed by atoms with E-state index >= 15 is 0 Å². The van der Waals surface area contributed by atoms with Crippen LogP contribution in [-0.2, 0) is 9.53 Å². The Morgan fingerprint density at radius 3 is 1.86 bits per heavy atom. The molecule has 0 aromatic rings. The van der Waals surface area contributed by atoms with E-state index in [0.29, 0.717) is 6.61 Å². The molecule has 0 unspecified atom stereocenters. The van der Waals surface area contributed by atoms with Crippen LogP contribution in [0.4, 0.5) is 0 Å². The molecule has 0 radical (unpaired) electrons. The summed E-state index contributed by atoms with van der Waals surface area (Å²) < 4.78 is 4.95. The zero-order valence-electron chi connectivity index (χ0n) is 14.4. The first kappa shape index (κ1) is 20.4. The van der Waals surface area contributed by atoms with Crippen molar-refractivity contribution in [2.24, 2.45) is 0 Å². The summed E-state index contributed by atoms with van der Waals surface area (Å²) in [6.45, 7) is 8.67. The summed E-state index contributed by atoms with van der Waals surface area (Å²) in [6, 6.07) is 4.54. The van der Waals surface area contributed by atoms with Gasteiger partial charge in [-0.05, 0) is 6.42 Å². The smallest absolute Gasteiger partial charge is 0.330 e. The first-order valence-electron chi connectivity index (χ1n) is 9.03. The van der Waals surface area contributed by atoms with Gasteiger partial charge in [0.15, 0.2) is 0 Å². The van der Waals surface area contributed by atoms with Gasteiger partial charge >= 0.3 is 5.97 Å². The molecule has 124 valence electrons. The summed E-state index contributed by atoms with van der Waals surface area (Å²) in [5.74, 6) is -0.300. The van der Waals surface area contributed by atoms with Crippen LogP contribution in [0.15, 0.2) is 12.7 Å². The molecular formula is C18H36O2Si. The summed E-state index contributed by atoms with van der Waals surface area (Å²) in [5, 5.41) is 0. The average Bonchev–Trinajstić information content (AvgIpc) is 2.51. The van der Waals surface area contributed by atoms with Gasteiger partial charge in [-0.25, -0.2) is 4.79 Å². The summed E-state index contributed by atoms with van der Waals surface area (Å²) in [5.41, 5.74) is 0. The number of rotatable bonds is 15. The third-order valence-corrected chi connectivity index (χ3v) is 7.86. The van der Waals surface area contributed by atoms with Gasteiger partial charge in [-0.3, -0.25) is 0 Å². The van der Waals surface area contributed by atoms with Crippen molar-refractivity contribution in [1.82, 2.24) is 0 Å². The monoisotopic (exact) mass is 312 g/mol. The second-order valence-corrected chi connectivity index (χ2v) is 9.97. The Morgan fingerprint density at radius 1 is 0.905 bits per heavy atom. The molecule has 0 rings (SSSR count). The first-order chi connectivity index (χ1) is 10.2. The molecule has 0 fully saturated rings. The average molecular weight is 313 g/mol. The number of hydrogen-bond acceptors (Lipinski definition) is 2. The fourth-order valence-electron chi connectivity index (χ4n) is 2.70. The predicted octanol–water partition coefficient (Wildman–Crippen LogP) is 5.49. The molecule has 0 aliphatic rings. The number of hydrogen-bond donors (Lipinski definition) is 0. The second-order valence-electron chi connectivity index (χ2n) is 6.02. The van der Waals surface area contributed by atoms with Gasteiger partial charge in [0.05, 0.1) is 6.61 Å². The van der Waals surface area contributed by atoms with Gasteiger partial charge in [0.25, 0.3) is 0 Å². The van der Waals surface area contributed by atoms with Crippen molar-refractivity contribution in [3.05, 3.63) is 12.7 Å². The van der Waals surface area contributed by atoms with E-state index in [2.05, 4.69) is 20.4 Å². The Morgan fingerprint density at radius 2 is 1.38 bits per heavy atom. The maximum absolute atomic E-state index is 10.8. The van der Waals surface area contributed by atoms with Gasteiger partial charge < -0.3 is 4.74 Å². The lowest BCUT2D eigenvalue weighted by Crippen LogP contribution is -2.07. The van der Waals surface area contributed by atoms with Crippen LogP contribution in [0.5, 0.6) is 0 Å². The van der Waals surface area contributed by atoms with E-state index in [9.17, 15) is 4.79 Å². The quantitative estimate of drug-likeness (QED) is 0.173. The van der Waals surface area contributed by atoms with E-state index in [1.165, 1.54) is 69.5 Å². The molecule has 0 bridgehead atoms. The van der Waals surface area contributed by atoms with Crippen LogP contribution in [0.3, 0.4) is 0 Å². The molecule has 0 aliphatic heterocycles. The number of carbonyl (C=O) groups is 1. The maximum atomic E-state index is 10.8.